The van der Waals surface area contributed by atoms with Gasteiger partial charge in [-0.15, -0.1) is 0 Å². The van der Waals surface area contributed by atoms with Gasteiger partial charge < -0.3 is 10.0 Å². The molecule has 0 amide bonds. The molecule has 7 heteroatoms. The normalized spacial score (nSPS) is 23.4. The summed E-state index contributed by atoms with van der Waals surface area (Å²) in [5.74, 6) is -0.392. The fourth-order valence-electron chi connectivity index (χ4n) is 2.02. The summed E-state index contributed by atoms with van der Waals surface area (Å²) < 4.78 is 0. The number of carboxylic acid groups (broad SMARTS) is 1. The first-order chi connectivity index (χ1) is 8.91. The summed E-state index contributed by atoms with van der Waals surface area (Å²) in [6, 6.07) is 0.284. The number of aromatic carboxylic acids is 1. The minimum atomic E-state index is -1.14. The van der Waals surface area contributed by atoms with Gasteiger partial charge in [0.2, 0.25) is 0 Å². The molecule has 1 saturated heterocycles. The number of rotatable bonds is 3. The highest BCUT2D eigenvalue weighted by molar-refractivity contribution is 8.00. The summed E-state index contributed by atoms with van der Waals surface area (Å²) in [4.78, 5) is 29.1. The minimum Gasteiger partial charge on any atom is -0.476 e. The van der Waals surface area contributed by atoms with Crippen molar-refractivity contribution in [1.29, 1.82) is 0 Å². The molecule has 1 aromatic rings. The minimum absolute atomic E-state index is 0.120. The van der Waals surface area contributed by atoms with Gasteiger partial charge >= 0.3 is 5.97 Å². The molecule has 2 rings (SSSR count). The Labute approximate surface area is 120 Å². The zero-order valence-corrected chi connectivity index (χ0v) is 12.7. The number of Topliss-reactive ketones (excluding diaryl/α,β-unsaturated/α-hetero) is 1. The summed E-state index contributed by atoms with van der Waals surface area (Å²) in [6.07, 6.45) is 0. The Bertz CT molecular complexity index is 484. The van der Waals surface area contributed by atoms with Crippen LogP contribution < -0.4 is 4.90 Å². The van der Waals surface area contributed by atoms with E-state index in [9.17, 15) is 9.59 Å². The van der Waals surface area contributed by atoms with Gasteiger partial charge in [0, 0.05) is 30.5 Å². The zero-order valence-electron chi connectivity index (χ0n) is 11.0. The standard InChI is InChI=1S/C12H16N2O3S2/c1-6-8(3)18-5-4-14(6)12-13-9(11(16)17)10(19-12)7(2)15/h6,8H,4-5H2,1-3H3,(H,16,17). The lowest BCUT2D eigenvalue weighted by Gasteiger charge is -2.37. The maximum Gasteiger partial charge on any atom is 0.356 e. The van der Waals surface area contributed by atoms with E-state index in [0.29, 0.717) is 10.4 Å². The molecular weight excluding hydrogens is 284 g/mol. The first-order valence-corrected chi connectivity index (χ1v) is 7.91. The van der Waals surface area contributed by atoms with Crippen LogP contribution in [0.1, 0.15) is 40.9 Å². The third-order valence-electron chi connectivity index (χ3n) is 3.27. The van der Waals surface area contributed by atoms with Crippen molar-refractivity contribution < 1.29 is 14.7 Å². The third kappa shape index (κ3) is 2.76. The van der Waals surface area contributed by atoms with Crippen LogP contribution in [0.4, 0.5) is 5.13 Å². The molecule has 0 spiro atoms. The van der Waals surface area contributed by atoms with E-state index in [1.54, 1.807) is 0 Å². The number of anilines is 1. The van der Waals surface area contributed by atoms with Crippen molar-refractivity contribution in [2.75, 3.05) is 17.2 Å². The predicted octanol–water partition coefficient (Wildman–Crippen LogP) is 2.37. The summed E-state index contributed by atoms with van der Waals surface area (Å²) in [7, 11) is 0. The van der Waals surface area contributed by atoms with E-state index in [1.807, 2.05) is 11.8 Å². The van der Waals surface area contributed by atoms with Crippen molar-refractivity contribution in [3.63, 3.8) is 0 Å². The lowest BCUT2D eigenvalue weighted by atomic mass is 10.2. The first-order valence-electron chi connectivity index (χ1n) is 6.05. The Hall–Kier alpha value is -1.08. The van der Waals surface area contributed by atoms with Gasteiger partial charge in [-0.2, -0.15) is 11.8 Å². The molecule has 2 atom stereocenters. The Balaban J connectivity index is 2.37. The average Bonchev–Trinajstić information content (AvgIpc) is 2.77. The van der Waals surface area contributed by atoms with E-state index >= 15 is 0 Å². The van der Waals surface area contributed by atoms with Crippen molar-refractivity contribution in [1.82, 2.24) is 4.98 Å². The Morgan fingerprint density at radius 2 is 2.11 bits per heavy atom. The maximum atomic E-state index is 11.5. The summed E-state index contributed by atoms with van der Waals surface area (Å²) in [5, 5.41) is 10.2. The topological polar surface area (TPSA) is 70.5 Å². The molecule has 2 unspecified atom stereocenters. The molecule has 2 heterocycles. The van der Waals surface area contributed by atoms with Gasteiger partial charge in [-0.05, 0) is 6.92 Å². The van der Waals surface area contributed by atoms with E-state index < -0.39 is 5.97 Å². The van der Waals surface area contributed by atoms with Crippen molar-refractivity contribution in [2.45, 2.75) is 32.1 Å². The van der Waals surface area contributed by atoms with Gasteiger partial charge in [0.25, 0.3) is 0 Å². The Morgan fingerprint density at radius 1 is 1.42 bits per heavy atom. The number of thioether (sulfide) groups is 1. The third-order valence-corrected chi connectivity index (χ3v) is 5.80. The van der Waals surface area contributed by atoms with Crippen LogP contribution in [-0.4, -0.2) is 45.4 Å². The Kier molecular flexibility index (Phi) is 4.15. The fraction of sp³-hybridized carbons (Fsp3) is 0.583. The number of carbonyl (C=O) groups is 2. The molecule has 0 aromatic carbocycles. The molecule has 19 heavy (non-hydrogen) atoms. The van der Waals surface area contributed by atoms with Crippen molar-refractivity contribution in [2.24, 2.45) is 0 Å². The zero-order chi connectivity index (χ0) is 14.2. The number of hydrogen-bond donors (Lipinski definition) is 1. The molecule has 0 aliphatic carbocycles. The van der Waals surface area contributed by atoms with E-state index in [-0.39, 0.29) is 22.4 Å². The summed E-state index contributed by atoms with van der Waals surface area (Å²) in [5.41, 5.74) is -0.120. The van der Waals surface area contributed by atoms with Gasteiger partial charge in [0.05, 0.1) is 0 Å². The van der Waals surface area contributed by atoms with Crippen LogP contribution in [0.15, 0.2) is 0 Å². The van der Waals surface area contributed by atoms with Crippen LogP contribution in [0.25, 0.3) is 0 Å². The van der Waals surface area contributed by atoms with Crippen molar-refractivity contribution >= 4 is 40.0 Å². The smallest absolute Gasteiger partial charge is 0.356 e. The molecule has 1 aliphatic rings. The highest BCUT2D eigenvalue weighted by Gasteiger charge is 2.30. The second-order valence-electron chi connectivity index (χ2n) is 4.55. The van der Waals surface area contributed by atoms with Crippen LogP contribution in [-0.2, 0) is 0 Å². The molecule has 1 aliphatic heterocycles. The number of aromatic nitrogens is 1. The van der Waals surface area contributed by atoms with Gasteiger partial charge in [0.1, 0.15) is 4.88 Å². The molecule has 0 radical (unpaired) electrons. The van der Waals surface area contributed by atoms with Crippen LogP contribution in [0.5, 0.6) is 0 Å². The van der Waals surface area contributed by atoms with Crippen molar-refractivity contribution in [3.05, 3.63) is 10.6 Å². The summed E-state index contributed by atoms with van der Waals surface area (Å²) in [6.45, 7) is 6.47. The quantitative estimate of drug-likeness (QED) is 0.864. The van der Waals surface area contributed by atoms with Gasteiger partial charge in [-0.1, -0.05) is 18.3 Å². The van der Waals surface area contributed by atoms with E-state index in [4.69, 9.17) is 5.11 Å². The lowest BCUT2D eigenvalue weighted by Crippen LogP contribution is -2.44. The number of hydrogen-bond acceptors (Lipinski definition) is 6. The lowest BCUT2D eigenvalue weighted by molar-refractivity contribution is 0.0687. The van der Waals surface area contributed by atoms with E-state index in [0.717, 1.165) is 12.3 Å². The van der Waals surface area contributed by atoms with Crippen molar-refractivity contribution in [3.8, 4) is 0 Å². The Morgan fingerprint density at radius 3 is 2.63 bits per heavy atom. The molecular formula is C12H16N2O3S2. The highest BCUT2D eigenvalue weighted by Crippen LogP contribution is 2.33. The number of nitrogens with zero attached hydrogens (tertiary/aromatic N) is 2. The summed E-state index contributed by atoms with van der Waals surface area (Å²) >= 11 is 3.08. The first kappa shape index (κ1) is 14.3. The monoisotopic (exact) mass is 300 g/mol. The van der Waals surface area contributed by atoms with Crippen LogP contribution in [0.2, 0.25) is 0 Å². The molecule has 1 aromatic heterocycles. The molecule has 0 bridgehead atoms. The van der Waals surface area contributed by atoms with E-state index in [2.05, 4.69) is 23.7 Å². The van der Waals surface area contributed by atoms with Crippen LogP contribution in [0.3, 0.4) is 0 Å². The molecule has 5 nitrogen and oxygen atoms in total. The van der Waals surface area contributed by atoms with Crippen LogP contribution in [0, 0.1) is 0 Å². The fourth-order valence-corrected chi connectivity index (χ4v) is 4.19. The van der Waals surface area contributed by atoms with Gasteiger partial charge in [0.15, 0.2) is 16.6 Å². The SMILES string of the molecule is CC(=O)c1sc(N2CCSC(C)C2C)nc1C(=O)O. The average molecular weight is 300 g/mol. The van der Waals surface area contributed by atoms with E-state index in [1.165, 1.54) is 18.3 Å². The number of ketones is 1. The molecule has 1 fully saturated rings. The second kappa shape index (κ2) is 5.50. The van der Waals surface area contributed by atoms with Gasteiger partial charge in [-0.25, -0.2) is 9.78 Å². The van der Waals surface area contributed by atoms with Gasteiger partial charge in [-0.3, -0.25) is 4.79 Å². The van der Waals surface area contributed by atoms with Crippen LogP contribution >= 0.6 is 23.1 Å². The number of thiazole rings is 1. The maximum absolute atomic E-state index is 11.5. The predicted molar refractivity (Wildman–Crippen MR) is 77.8 cm³/mol. The second-order valence-corrected chi connectivity index (χ2v) is 7.01. The molecule has 1 N–H and O–H groups in total. The molecule has 104 valence electrons. The molecule has 0 saturated carbocycles. The number of carboxylic acids is 1. The highest BCUT2D eigenvalue weighted by atomic mass is 32.2. The largest absolute Gasteiger partial charge is 0.476 e. The number of carbonyl (C=O) groups excluding carboxylic acids is 1.